The van der Waals surface area contributed by atoms with Crippen LogP contribution in [-0.2, 0) is 0 Å². The smallest absolute Gasteiger partial charge is 0.0811 e. The Bertz CT molecular complexity index is 617. The van der Waals surface area contributed by atoms with Gasteiger partial charge in [0.15, 0.2) is 0 Å². The van der Waals surface area contributed by atoms with Gasteiger partial charge >= 0.3 is 0 Å². The van der Waals surface area contributed by atoms with E-state index in [0.29, 0.717) is 30.6 Å². The summed E-state index contributed by atoms with van der Waals surface area (Å²) >= 11 is 0. The molecule has 0 aromatic rings. The van der Waals surface area contributed by atoms with Crippen LogP contribution in [0.3, 0.4) is 0 Å². The number of aliphatic hydroxyl groups excluding tert-OH is 3. The predicted molar refractivity (Wildman–Crippen MR) is 122 cm³/mol. The molecular weight excluding hydrogens is 360 g/mol. The maximum atomic E-state index is 10.2. The van der Waals surface area contributed by atoms with Crippen LogP contribution in [0.5, 0.6) is 0 Å². The van der Waals surface area contributed by atoms with Crippen LogP contribution in [0.2, 0.25) is 0 Å². The second-order valence-corrected chi connectivity index (χ2v) is 10.5. The third-order valence-electron chi connectivity index (χ3n) is 7.80. The average Bonchev–Trinajstić information content (AvgIpc) is 2.66. The van der Waals surface area contributed by atoms with E-state index in [1.54, 1.807) is 0 Å². The van der Waals surface area contributed by atoms with E-state index in [-0.39, 0.29) is 11.5 Å². The SMILES string of the molecule is C=C1C(=CC=C2CCC[C@](C)([C@H](C)[C@H](C)CC[C@@H](O)C(C)C)C2)C[C@@H](O)C[C@@H]1O. The van der Waals surface area contributed by atoms with Crippen molar-refractivity contribution < 1.29 is 15.3 Å². The Balaban J connectivity index is 2.03. The van der Waals surface area contributed by atoms with Gasteiger partial charge in [-0.05, 0) is 79.3 Å². The molecule has 3 nitrogen and oxygen atoms in total. The van der Waals surface area contributed by atoms with Crippen molar-refractivity contribution in [2.75, 3.05) is 0 Å². The second kappa shape index (κ2) is 10.4. The lowest BCUT2D eigenvalue weighted by Crippen LogP contribution is -2.33. The molecule has 2 saturated carbocycles. The third kappa shape index (κ3) is 6.54. The van der Waals surface area contributed by atoms with Crippen LogP contribution in [0.15, 0.2) is 35.5 Å². The van der Waals surface area contributed by atoms with E-state index in [4.69, 9.17) is 0 Å². The van der Waals surface area contributed by atoms with E-state index in [1.165, 1.54) is 18.4 Å². The van der Waals surface area contributed by atoms with Gasteiger partial charge in [-0.15, -0.1) is 0 Å². The lowest BCUT2D eigenvalue weighted by molar-refractivity contribution is 0.0773. The molecule has 0 saturated heterocycles. The van der Waals surface area contributed by atoms with Gasteiger partial charge in [-0.3, -0.25) is 0 Å². The van der Waals surface area contributed by atoms with Crippen LogP contribution in [-0.4, -0.2) is 33.6 Å². The molecule has 6 atom stereocenters. The summed E-state index contributed by atoms with van der Waals surface area (Å²) in [7, 11) is 0. The predicted octanol–water partition coefficient (Wildman–Crippen LogP) is 5.56. The summed E-state index contributed by atoms with van der Waals surface area (Å²) in [5, 5.41) is 30.2. The number of hydrogen-bond donors (Lipinski definition) is 3. The van der Waals surface area contributed by atoms with Crippen molar-refractivity contribution in [2.45, 2.75) is 104 Å². The monoisotopic (exact) mass is 404 g/mol. The van der Waals surface area contributed by atoms with Crippen molar-refractivity contribution in [3.05, 3.63) is 35.5 Å². The summed E-state index contributed by atoms with van der Waals surface area (Å²) in [4.78, 5) is 0. The summed E-state index contributed by atoms with van der Waals surface area (Å²) in [6.07, 6.45) is 10.7. The first-order chi connectivity index (χ1) is 13.5. The molecule has 3 N–H and O–H groups in total. The molecule has 0 bridgehead atoms. The number of aliphatic hydroxyl groups is 3. The van der Waals surface area contributed by atoms with Crippen LogP contribution in [0, 0.1) is 23.2 Å². The third-order valence-corrected chi connectivity index (χ3v) is 7.80. The maximum absolute atomic E-state index is 10.2. The molecule has 0 amide bonds. The van der Waals surface area contributed by atoms with Crippen LogP contribution in [0.4, 0.5) is 0 Å². The fourth-order valence-corrected chi connectivity index (χ4v) is 5.13. The lowest BCUT2D eigenvalue weighted by Gasteiger charge is -2.43. The lowest BCUT2D eigenvalue weighted by atomic mass is 9.62. The minimum atomic E-state index is -0.623. The first-order valence-corrected chi connectivity index (χ1v) is 11.7. The standard InChI is InChI=1S/C26H44O3/c1-17(2)24(28)12-9-18(3)20(5)26(6)13-7-8-21(16-26)10-11-22-14-23(27)15-25(29)19(22)4/h10-11,17-18,20,23-25,27-29H,4,7-9,12-16H2,1-3,5-6H3/t18-,20-,23-,24-,25+,26+/m1/s1. The minimum absolute atomic E-state index is 0.194. The van der Waals surface area contributed by atoms with Crippen molar-refractivity contribution in [1.82, 2.24) is 0 Å². The molecule has 166 valence electrons. The van der Waals surface area contributed by atoms with E-state index >= 15 is 0 Å². The van der Waals surface area contributed by atoms with Gasteiger partial charge in [-0.1, -0.05) is 58.9 Å². The average molecular weight is 405 g/mol. The van der Waals surface area contributed by atoms with E-state index < -0.39 is 12.2 Å². The quantitative estimate of drug-likeness (QED) is 0.520. The summed E-state index contributed by atoms with van der Waals surface area (Å²) in [5.41, 5.74) is 3.50. The summed E-state index contributed by atoms with van der Waals surface area (Å²) in [6, 6.07) is 0. The van der Waals surface area contributed by atoms with Crippen LogP contribution in [0.25, 0.3) is 0 Å². The van der Waals surface area contributed by atoms with Crippen molar-refractivity contribution in [3.8, 4) is 0 Å². The van der Waals surface area contributed by atoms with Crippen LogP contribution in [0.1, 0.15) is 86.0 Å². The molecule has 2 fully saturated rings. The molecule has 29 heavy (non-hydrogen) atoms. The fraction of sp³-hybridized carbons (Fsp3) is 0.769. The molecule has 0 radical (unpaired) electrons. The van der Waals surface area contributed by atoms with Crippen molar-refractivity contribution in [2.24, 2.45) is 23.2 Å². The Kier molecular flexibility index (Phi) is 8.75. The van der Waals surface area contributed by atoms with Gasteiger partial charge in [0.2, 0.25) is 0 Å². The van der Waals surface area contributed by atoms with Gasteiger partial charge in [-0.25, -0.2) is 0 Å². The van der Waals surface area contributed by atoms with E-state index in [1.807, 2.05) is 0 Å². The molecular formula is C26H44O3. The van der Waals surface area contributed by atoms with Gasteiger partial charge in [0, 0.05) is 6.42 Å². The van der Waals surface area contributed by atoms with E-state index in [2.05, 4.69) is 53.3 Å². The van der Waals surface area contributed by atoms with Gasteiger partial charge in [0.1, 0.15) is 0 Å². The number of allylic oxidation sites excluding steroid dienone is 3. The Hall–Kier alpha value is -0.900. The van der Waals surface area contributed by atoms with Crippen LogP contribution >= 0.6 is 0 Å². The Morgan fingerprint density at radius 1 is 1.14 bits per heavy atom. The highest BCUT2D eigenvalue weighted by molar-refractivity contribution is 5.38. The summed E-state index contributed by atoms with van der Waals surface area (Å²) in [5.74, 6) is 1.53. The van der Waals surface area contributed by atoms with Gasteiger partial charge in [-0.2, -0.15) is 0 Å². The molecule has 2 aliphatic rings. The van der Waals surface area contributed by atoms with Crippen LogP contribution < -0.4 is 0 Å². The molecule has 0 unspecified atom stereocenters. The molecule has 0 aromatic carbocycles. The molecule has 0 aliphatic heterocycles. The van der Waals surface area contributed by atoms with Gasteiger partial charge in [0.25, 0.3) is 0 Å². The molecule has 0 heterocycles. The van der Waals surface area contributed by atoms with E-state index in [0.717, 1.165) is 36.8 Å². The Labute approximate surface area is 178 Å². The second-order valence-electron chi connectivity index (χ2n) is 10.5. The Morgan fingerprint density at radius 3 is 2.48 bits per heavy atom. The minimum Gasteiger partial charge on any atom is -0.393 e. The molecule has 0 spiro atoms. The van der Waals surface area contributed by atoms with E-state index in [9.17, 15) is 15.3 Å². The van der Waals surface area contributed by atoms with Crippen molar-refractivity contribution in [3.63, 3.8) is 0 Å². The maximum Gasteiger partial charge on any atom is 0.0811 e. The topological polar surface area (TPSA) is 60.7 Å². The zero-order valence-electron chi connectivity index (χ0n) is 19.3. The highest BCUT2D eigenvalue weighted by Crippen LogP contribution is 2.48. The summed E-state index contributed by atoms with van der Waals surface area (Å²) < 4.78 is 0. The number of rotatable bonds is 7. The fourth-order valence-electron chi connectivity index (χ4n) is 5.13. The highest BCUT2D eigenvalue weighted by Gasteiger charge is 2.37. The largest absolute Gasteiger partial charge is 0.393 e. The van der Waals surface area contributed by atoms with Crippen molar-refractivity contribution in [1.29, 1.82) is 0 Å². The molecule has 2 rings (SSSR count). The zero-order chi connectivity index (χ0) is 21.8. The first-order valence-electron chi connectivity index (χ1n) is 11.7. The molecule has 0 aromatic heterocycles. The first kappa shape index (κ1) is 24.4. The zero-order valence-corrected chi connectivity index (χ0v) is 19.3. The summed E-state index contributed by atoms with van der Waals surface area (Å²) in [6.45, 7) is 15.4. The van der Waals surface area contributed by atoms with Crippen molar-refractivity contribution >= 4 is 0 Å². The van der Waals surface area contributed by atoms with Gasteiger partial charge in [0.05, 0.1) is 18.3 Å². The molecule has 3 heteroatoms. The Morgan fingerprint density at radius 2 is 1.83 bits per heavy atom. The van der Waals surface area contributed by atoms with Gasteiger partial charge < -0.3 is 15.3 Å². The number of hydrogen-bond acceptors (Lipinski definition) is 3. The highest BCUT2D eigenvalue weighted by atomic mass is 16.3. The normalized spacial score (nSPS) is 34.6. The molecule has 2 aliphatic carbocycles.